The van der Waals surface area contributed by atoms with Crippen molar-refractivity contribution in [2.24, 2.45) is 0 Å². The van der Waals surface area contributed by atoms with Gasteiger partial charge in [0.05, 0.1) is 10.9 Å². The number of carbonyl (C=O) groups excluding carboxylic acids is 1. The average molecular weight is 449 g/mol. The van der Waals surface area contributed by atoms with Crippen LogP contribution in [0.3, 0.4) is 0 Å². The number of fused-ring (bicyclic) bond motifs is 1. The molecule has 6 rings (SSSR count). The highest BCUT2D eigenvalue weighted by Gasteiger charge is 2.29. The summed E-state index contributed by atoms with van der Waals surface area (Å²) in [6, 6.07) is 20.5. The molecule has 3 aromatic heterocycles. The number of aromatic nitrogens is 4. The Balaban J connectivity index is 1.32. The van der Waals surface area contributed by atoms with E-state index in [0.29, 0.717) is 39.7 Å². The summed E-state index contributed by atoms with van der Waals surface area (Å²) in [4.78, 5) is 26.2. The van der Waals surface area contributed by atoms with E-state index in [2.05, 4.69) is 25.4 Å². The van der Waals surface area contributed by atoms with E-state index in [1.54, 1.807) is 42.7 Å². The smallest absolute Gasteiger partial charge is 0.321 e. The number of nitrogens with one attached hydrogen (secondary N) is 1. The largest absolute Gasteiger partial charge is 0.424 e. The van der Waals surface area contributed by atoms with Crippen LogP contribution in [0.1, 0.15) is 34.8 Å². The monoisotopic (exact) mass is 449 g/mol. The van der Waals surface area contributed by atoms with Gasteiger partial charge in [-0.2, -0.15) is 0 Å². The van der Waals surface area contributed by atoms with E-state index in [1.807, 2.05) is 36.4 Å². The summed E-state index contributed by atoms with van der Waals surface area (Å²) in [5.74, 6) is 0.671. The standard InChI is InChI=1S/C26H19N5O3/c32-24(29-18-9-11-19(12-10-18)33-26-27-13-4-14-28-26)20-15-21(16-7-8-16)30-25-22(20)23(31-34-25)17-5-2-1-3-6-17/h1-6,9-16H,7-8H2,(H,29,32). The van der Waals surface area contributed by atoms with Crippen molar-refractivity contribution in [2.75, 3.05) is 5.32 Å². The molecule has 0 bridgehead atoms. The van der Waals surface area contributed by atoms with E-state index in [0.717, 1.165) is 24.1 Å². The molecule has 166 valence electrons. The molecule has 1 amide bonds. The molecule has 8 nitrogen and oxygen atoms in total. The molecular formula is C26H19N5O3. The lowest BCUT2D eigenvalue weighted by Gasteiger charge is -2.09. The molecular weight excluding hydrogens is 430 g/mol. The number of amides is 1. The first-order valence-corrected chi connectivity index (χ1v) is 11.0. The Hall–Kier alpha value is -4.59. The normalized spacial score (nSPS) is 13.1. The van der Waals surface area contributed by atoms with Crippen LogP contribution in [0, 0.1) is 0 Å². The second-order valence-electron chi connectivity index (χ2n) is 8.06. The number of benzene rings is 2. The van der Waals surface area contributed by atoms with Gasteiger partial charge in [0.15, 0.2) is 0 Å². The Labute approximate surface area is 194 Å². The fourth-order valence-corrected chi connectivity index (χ4v) is 3.78. The first-order chi connectivity index (χ1) is 16.7. The number of ether oxygens (including phenoxy) is 1. The summed E-state index contributed by atoms with van der Waals surface area (Å²) in [5, 5.41) is 7.82. The van der Waals surface area contributed by atoms with Gasteiger partial charge < -0.3 is 14.6 Å². The molecule has 2 aromatic carbocycles. The van der Waals surface area contributed by atoms with Crippen LogP contribution in [0.2, 0.25) is 0 Å². The van der Waals surface area contributed by atoms with Crippen LogP contribution >= 0.6 is 0 Å². The molecule has 34 heavy (non-hydrogen) atoms. The third-order valence-corrected chi connectivity index (χ3v) is 5.62. The lowest BCUT2D eigenvalue weighted by atomic mass is 10.0. The maximum atomic E-state index is 13.4. The molecule has 0 atom stereocenters. The number of hydrogen-bond donors (Lipinski definition) is 1. The van der Waals surface area contributed by atoms with Crippen LogP contribution in [0.4, 0.5) is 5.69 Å². The number of hydrogen-bond acceptors (Lipinski definition) is 7. The SMILES string of the molecule is O=C(Nc1ccc(Oc2ncccn2)cc1)c1cc(C2CC2)nc2onc(-c3ccccc3)c12. The van der Waals surface area contributed by atoms with Crippen LogP contribution in [0.5, 0.6) is 11.8 Å². The van der Waals surface area contributed by atoms with E-state index in [9.17, 15) is 4.79 Å². The lowest BCUT2D eigenvalue weighted by molar-refractivity contribution is 0.102. The third-order valence-electron chi connectivity index (χ3n) is 5.62. The molecule has 1 saturated carbocycles. The van der Waals surface area contributed by atoms with Gasteiger partial charge in [-0.15, -0.1) is 0 Å². The minimum absolute atomic E-state index is 0.255. The Bertz CT molecular complexity index is 1460. The van der Waals surface area contributed by atoms with Crippen LogP contribution in [0.15, 0.2) is 83.6 Å². The van der Waals surface area contributed by atoms with Gasteiger partial charge in [-0.1, -0.05) is 35.5 Å². The molecule has 0 radical (unpaired) electrons. The second-order valence-corrected chi connectivity index (χ2v) is 8.06. The van der Waals surface area contributed by atoms with Gasteiger partial charge in [0.25, 0.3) is 11.6 Å². The maximum Gasteiger partial charge on any atom is 0.321 e. The van der Waals surface area contributed by atoms with Crippen LogP contribution < -0.4 is 10.1 Å². The van der Waals surface area contributed by atoms with Crippen molar-refractivity contribution in [3.63, 3.8) is 0 Å². The van der Waals surface area contributed by atoms with Gasteiger partial charge in [-0.3, -0.25) is 4.79 Å². The van der Waals surface area contributed by atoms with Crippen molar-refractivity contribution < 1.29 is 14.1 Å². The molecule has 1 N–H and O–H groups in total. The van der Waals surface area contributed by atoms with Gasteiger partial charge in [0, 0.05) is 35.3 Å². The highest BCUT2D eigenvalue weighted by atomic mass is 16.5. The Kier molecular flexibility index (Phi) is 4.95. The molecule has 3 heterocycles. The van der Waals surface area contributed by atoms with Crippen molar-refractivity contribution in [1.29, 1.82) is 0 Å². The highest BCUT2D eigenvalue weighted by molar-refractivity contribution is 6.14. The molecule has 8 heteroatoms. The van der Waals surface area contributed by atoms with Gasteiger partial charge in [0.1, 0.15) is 11.4 Å². The Morgan fingerprint density at radius 1 is 0.971 bits per heavy atom. The minimum atomic E-state index is -0.255. The summed E-state index contributed by atoms with van der Waals surface area (Å²) in [6.07, 6.45) is 5.34. The first-order valence-electron chi connectivity index (χ1n) is 11.0. The quantitative estimate of drug-likeness (QED) is 0.360. The maximum absolute atomic E-state index is 13.4. The summed E-state index contributed by atoms with van der Waals surface area (Å²) < 4.78 is 11.2. The van der Waals surface area contributed by atoms with E-state index >= 15 is 0 Å². The zero-order valence-electron chi connectivity index (χ0n) is 18.0. The lowest BCUT2D eigenvalue weighted by Crippen LogP contribution is -2.13. The number of anilines is 1. The van der Waals surface area contributed by atoms with E-state index < -0.39 is 0 Å². The fourth-order valence-electron chi connectivity index (χ4n) is 3.78. The first kappa shape index (κ1) is 20.0. The van der Waals surface area contributed by atoms with Crippen molar-refractivity contribution in [3.05, 3.63) is 90.4 Å². The molecule has 1 aliphatic carbocycles. The van der Waals surface area contributed by atoms with E-state index in [1.165, 1.54) is 0 Å². The fraction of sp³-hybridized carbons (Fsp3) is 0.115. The number of pyridine rings is 1. The van der Waals surface area contributed by atoms with Crippen molar-refractivity contribution >= 4 is 22.7 Å². The molecule has 0 saturated heterocycles. The van der Waals surface area contributed by atoms with Crippen molar-refractivity contribution in [3.8, 4) is 23.0 Å². The Morgan fingerprint density at radius 3 is 2.47 bits per heavy atom. The summed E-state index contributed by atoms with van der Waals surface area (Å²) in [6.45, 7) is 0. The minimum Gasteiger partial charge on any atom is -0.424 e. The van der Waals surface area contributed by atoms with Gasteiger partial charge in [-0.05, 0) is 49.2 Å². The molecule has 0 unspecified atom stereocenters. The molecule has 1 fully saturated rings. The van der Waals surface area contributed by atoms with Crippen LogP contribution in [-0.2, 0) is 0 Å². The molecule has 0 spiro atoms. The molecule has 0 aliphatic heterocycles. The summed E-state index contributed by atoms with van der Waals surface area (Å²) in [5.41, 5.74) is 3.81. The van der Waals surface area contributed by atoms with Crippen molar-refractivity contribution in [1.82, 2.24) is 20.1 Å². The average Bonchev–Trinajstić information content (AvgIpc) is 3.65. The van der Waals surface area contributed by atoms with Crippen molar-refractivity contribution in [2.45, 2.75) is 18.8 Å². The van der Waals surface area contributed by atoms with Gasteiger partial charge >= 0.3 is 6.01 Å². The summed E-state index contributed by atoms with van der Waals surface area (Å²) >= 11 is 0. The molecule has 5 aromatic rings. The second kappa shape index (κ2) is 8.40. The topological polar surface area (TPSA) is 103 Å². The predicted octanol–water partition coefficient (Wildman–Crippen LogP) is 5.60. The van der Waals surface area contributed by atoms with Crippen LogP contribution in [-0.4, -0.2) is 26.0 Å². The predicted molar refractivity (Wildman–Crippen MR) is 126 cm³/mol. The van der Waals surface area contributed by atoms with Gasteiger partial charge in [-0.25, -0.2) is 15.0 Å². The van der Waals surface area contributed by atoms with E-state index in [-0.39, 0.29) is 11.9 Å². The van der Waals surface area contributed by atoms with Gasteiger partial charge in [0.2, 0.25) is 0 Å². The van der Waals surface area contributed by atoms with E-state index in [4.69, 9.17) is 9.26 Å². The number of carbonyl (C=O) groups is 1. The third kappa shape index (κ3) is 3.97. The summed E-state index contributed by atoms with van der Waals surface area (Å²) in [7, 11) is 0. The zero-order chi connectivity index (χ0) is 22.9. The number of nitrogens with zero attached hydrogens (tertiary/aromatic N) is 4. The highest BCUT2D eigenvalue weighted by Crippen LogP contribution is 2.41. The van der Waals surface area contributed by atoms with Crippen LogP contribution in [0.25, 0.3) is 22.4 Å². The Morgan fingerprint density at radius 2 is 1.74 bits per heavy atom. The number of rotatable bonds is 6. The zero-order valence-corrected chi connectivity index (χ0v) is 18.0. The molecule has 1 aliphatic rings.